The Hall–Kier alpha value is -1.55. The van der Waals surface area contributed by atoms with Gasteiger partial charge in [0.2, 0.25) is 0 Å². The summed E-state index contributed by atoms with van der Waals surface area (Å²) in [5.41, 5.74) is 5.55. The fraction of sp³-hybridized carbons (Fsp3) is 0.125. The van der Waals surface area contributed by atoms with E-state index in [1.807, 2.05) is 19.2 Å². The van der Waals surface area contributed by atoms with Gasteiger partial charge in [-0.15, -0.1) is 0 Å². The molecule has 0 aliphatic heterocycles. The summed E-state index contributed by atoms with van der Waals surface area (Å²) in [5.74, 6) is 5.35. The van der Waals surface area contributed by atoms with Crippen LogP contribution in [0.3, 0.4) is 0 Å². The van der Waals surface area contributed by atoms with Gasteiger partial charge >= 0.3 is 0 Å². The van der Waals surface area contributed by atoms with Crippen LogP contribution in [0.2, 0.25) is 0 Å². The van der Waals surface area contributed by atoms with Gasteiger partial charge in [-0.1, -0.05) is 0 Å². The molecule has 0 aliphatic rings. The number of hydrazine groups is 1. The number of hydrogen-bond acceptors (Lipinski definition) is 3. The molecule has 0 radical (unpaired) electrons. The molecule has 2 aromatic rings. The molecule has 0 aliphatic carbocycles. The first-order chi connectivity index (χ1) is 5.83. The van der Waals surface area contributed by atoms with Gasteiger partial charge in [0.1, 0.15) is 5.65 Å². The summed E-state index contributed by atoms with van der Waals surface area (Å²) in [6.45, 7) is 2.02. The van der Waals surface area contributed by atoms with Crippen molar-refractivity contribution in [2.75, 3.05) is 5.43 Å². The number of aromatic nitrogens is 2. The van der Waals surface area contributed by atoms with E-state index in [0.717, 1.165) is 22.3 Å². The molecule has 0 amide bonds. The lowest BCUT2D eigenvalue weighted by Crippen LogP contribution is -2.07. The number of nitrogens with two attached hydrogens (primary N) is 1. The molecular weight excluding hydrogens is 152 g/mol. The second-order valence-electron chi connectivity index (χ2n) is 2.70. The molecule has 0 fully saturated rings. The predicted molar refractivity (Wildman–Crippen MR) is 48.6 cm³/mol. The quantitative estimate of drug-likeness (QED) is 0.435. The molecule has 62 valence electrons. The van der Waals surface area contributed by atoms with Crippen molar-refractivity contribution in [3.63, 3.8) is 0 Å². The maximum Gasteiger partial charge on any atom is 0.139 e. The van der Waals surface area contributed by atoms with E-state index in [9.17, 15) is 0 Å². The molecule has 2 rings (SSSR count). The topological polar surface area (TPSA) is 66.7 Å². The standard InChI is InChI=1S/C8H10N4/c1-5-4-11-8-7(5)6(12-9)2-3-10-8/h2-4H,9H2,1H3,(H2,10,11,12). The van der Waals surface area contributed by atoms with Gasteiger partial charge in [0.25, 0.3) is 0 Å². The van der Waals surface area contributed by atoms with Crippen molar-refractivity contribution in [2.24, 2.45) is 5.84 Å². The van der Waals surface area contributed by atoms with Crippen molar-refractivity contribution in [3.05, 3.63) is 24.0 Å². The van der Waals surface area contributed by atoms with E-state index in [0.29, 0.717) is 0 Å². The molecule has 4 nitrogen and oxygen atoms in total. The van der Waals surface area contributed by atoms with Crippen molar-refractivity contribution >= 4 is 16.7 Å². The van der Waals surface area contributed by atoms with E-state index in [-0.39, 0.29) is 0 Å². The molecule has 0 atom stereocenters. The van der Waals surface area contributed by atoms with Gasteiger partial charge in [-0.3, -0.25) is 5.84 Å². The summed E-state index contributed by atoms with van der Waals surface area (Å²) in [6.07, 6.45) is 3.63. The minimum atomic E-state index is 0.864. The van der Waals surface area contributed by atoms with Crippen molar-refractivity contribution in [2.45, 2.75) is 6.92 Å². The number of nitrogen functional groups attached to an aromatic ring is 1. The van der Waals surface area contributed by atoms with Crippen LogP contribution < -0.4 is 11.3 Å². The fourth-order valence-electron chi connectivity index (χ4n) is 1.34. The highest BCUT2D eigenvalue weighted by Crippen LogP contribution is 2.23. The molecular formula is C8H10N4. The number of anilines is 1. The molecule has 2 aromatic heterocycles. The van der Waals surface area contributed by atoms with Crippen molar-refractivity contribution in [1.82, 2.24) is 9.97 Å². The van der Waals surface area contributed by atoms with Crippen LogP contribution in [0.5, 0.6) is 0 Å². The van der Waals surface area contributed by atoms with Crippen molar-refractivity contribution in [3.8, 4) is 0 Å². The Labute approximate surface area is 69.8 Å². The van der Waals surface area contributed by atoms with Crippen LogP contribution in [0.1, 0.15) is 5.56 Å². The average Bonchev–Trinajstić information content (AvgIpc) is 2.48. The molecule has 0 spiro atoms. The normalized spacial score (nSPS) is 10.5. The highest BCUT2D eigenvalue weighted by atomic mass is 15.2. The van der Waals surface area contributed by atoms with Gasteiger partial charge in [0.05, 0.1) is 5.69 Å². The number of hydrogen-bond donors (Lipinski definition) is 3. The Balaban J connectivity index is 2.84. The van der Waals surface area contributed by atoms with Crippen LogP contribution in [0.4, 0.5) is 5.69 Å². The number of H-pyrrole nitrogens is 1. The Bertz CT molecular complexity index is 404. The van der Waals surface area contributed by atoms with Crippen molar-refractivity contribution < 1.29 is 0 Å². The number of aryl methyl sites for hydroxylation is 1. The van der Waals surface area contributed by atoms with E-state index < -0.39 is 0 Å². The van der Waals surface area contributed by atoms with Crippen LogP contribution in [-0.2, 0) is 0 Å². The third kappa shape index (κ3) is 0.853. The third-order valence-electron chi connectivity index (χ3n) is 1.93. The summed E-state index contributed by atoms with van der Waals surface area (Å²) < 4.78 is 0. The fourth-order valence-corrected chi connectivity index (χ4v) is 1.34. The lowest BCUT2D eigenvalue weighted by Gasteiger charge is -2.00. The van der Waals surface area contributed by atoms with Crippen LogP contribution >= 0.6 is 0 Å². The molecule has 0 saturated heterocycles. The Kier molecular flexibility index (Phi) is 1.48. The number of nitrogens with one attached hydrogen (secondary N) is 2. The average molecular weight is 162 g/mol. The molecule has 12 heavy (non-hydrogen) atoms. The van der Waals surface area contributed by atoms with E-state index in [1.54, 1.807) is 6.20 Å². The zero-order valence-corrected chi connectivity index (χ0v) is 6.76. The molecule has 0 aromatic carbocycles. The number of aromatic amines is 1. The molecule has 4 N–H and O–H groups in total. The number of fused-ring (bicyclic) bond motifs is 1. The van der Waals surface area contributed by atoms with Gasteiger partial charge in [0, 0.05) is 17.8 Å². The van der Waals surface area contributed by atoms with Gasteiger partial charge in [-0.2, -0.15) is 0 Å². The van der Waals surface area contributed by atoms with Gasteiger partial charge in [-0.25, -0.2) is 4.98 Å². The lowest BCUT2D eigenvalue weighted by atomic mass is 10.2. The Morgan fingerprint density at radius 1 is 1.58 bits per heavy atom. The zero-order chi connectivity index (χ0) is 8.55. The van der Waals surface area contributed by atoms with Crippen LogP contribution in [0, 0.1) is 6.92 Å². The summed E-state index contributed by atoms with van der Waals surface area (Å²) in [6, 6.07) is 1.85. The van der Waals surface area contributed by atoms with E-state index >= 15 is 0 Å². The highest BCUT2D eigenvalue weighted by molar-refractivity contribution is 5.91. The lowest BCUT2D eigenvalue weighted by molar-refractivity contribution is 1.30. The minimum absolute atomic E-state index is 0.864. The second-order valence-corrected chi connectivity index (χ2v) is 2.70. The van der Waals surface area contributed by atoms with Crippen molar-refractivity contribution in [1.29, 1.82) is 0 Å². The smallest absolute Gasteiger partial charge is 0.139 e. The van der Waals surface area contributed by atoms with Gasteiger partial charge in [-0.05, 0) is 18.6 Å². The maximum absolute atomic E-state index is 5.35. The number of nitrogens with zero attached hydrogens (tertiary/aromatic N) is 1. The van der Waals surface area contributed by atoms with Crippen LogP contribution in [0.25, 0.3) is 11.0 Å². The predicted octanol–water partition coefficient (Wildman–Crippen LogP) is 1.16. The molecule has 2 heterocycles. The van der Waals surface area contributed by atoms with E-state index in [4.69, 9.17) is 5.84 Å². The summed E-state index contributed by atoms with van der Waals surface area (Å²) in [4.78, 5) is 7.22. The second kappa shape index (κ2) is 2.49. The van der Waals surface area contributed by atoms with Gasteiger partial charge < -0.3 is 10.4 Å². The molecule has 0 bridgehead atoms. The van der Waals surface area contributed by atoms with Crippen LogP contribution in [-0.4, -0.2) is 9.97 Å². The van der Waals surface area contributed by atoms with E-state index in [1.165, 1.54) is 0 Å². The maximum atomic E-state index is 5.35. The third-order valence-corrected chi connectivity index (χ3v) is 1.93. The monoisotopic (exact) mass is 162 g/mol. The Morgan fingerprint density at radius 3 is 3.17 bits per heavy atom. The Morgan fingerprint density at radius 2 is 2.42 bits per heavy atom. The number of pyridine rings is 1. The first kappa shape index (κ1) is 7.12. The number of rotatable bonds is 1. The van der Waals surface area contributed by atoms with Gasteiger partial charge in [0.15, 0.2) is 0 Å². The SMILES string of the molecule is Cc1c[nH]c2nccc(NN)c12. The summed E-state index contributed by atoms with van der Waals surface area (Å²) >= 11 is 0. The molecule has 4 heteroatoms. The van der Waals surface area contributed by atoms with Crippen LogP contribution in [0.15, 0.2) is 18.5 Å². The first-order valence-electron chi connectivity index (χ1n) is 3.72. The summed E-state index contributed by atoms with van der Waals surface area (Å²) in [5, 5.41) is 1.06. The molecule has 0 unspecified atom stereocenters. The zero-order valence-electron chi connectivity index (χ0n) is 6.76. The highest BCUT2D eigenvalue weighted by Gasteiger charge is 2.04. The summed E-state index contributed by atoms with van der Waals surface area (Å²) in [7, 11) is 0. The first-order valence-corrected chi connectivity index (χ1v) is 3.72. The van der Waals surface area contributed by atoms with E-state index in [2.05, 4.69) is 15.4 Å². The minimum Gasteiger partial charge on any atom is -0.346 e. The molecule has 0 saturated carbocycles. The largest absolute Gasteiger partial charge is 0.346 e.